The number of rotatable bonds is 2. The van der Waals surface area contributed by atoms with Gasteiger partial charge in [-0.1, -0.05) is 13.3 Å². The first-order valence-electron chi connectivity index (χ1n) is 6.81. The van der Waals surface area contributed by atoms with Crippen LogP contribution in [0.2, 0.25) is 0 Å². The zero-order valence-corrected chi connectivity index (χ0v) is 10.5. The molecule has 0 aromatic carbocycles. The van der Waals surface area contributed by atoms with Gasteiger partial charge in [0.1, 0.15) is 0 Å². The second-order valence-corrected chi connectivity index (χ2v) is 5.48. The van der Waals surface area contributed by atoms with Crippen molar-refractivity contribution >= 4 is 5.91 Å². The fourth-order valence-corrected chi connectivity index (χ4v) is 3.14. The summed E-state index contributed by atoms with van der Waals surface area (Å²) in [5.41, 5.74) is 0. The Hall–Kier alpha value is -0.610. The first-order chi connectivity index (χ1) is 8.24. The van der Waals surface area contributed by atoms with E-state index in [-0.39, 0.29) is 5.92 Å². The average molecular weight is 239 g/mol. The lowest BCUT2D eigenvalue weighted by Crippen LogP contribution is -2.51. The molecule has 96 valence electrons. The molecule has 2 saturated heterocycles. The summed E-state index contributed by atoms with van der Waals surface area (Å²) in [6, 6.07) is 0. The quantitative estimate of drug-likeness (QED) is 0.731. The number of piperidine rings is 1. The highest BCUT2D eigenvalue weighted by Gasteiger charge is 2.48. The van der Waals surface area contributed by atoms with Crippen LogP contribution in [-0.4, -0.2) is 42.9 Å². The predicted molar refractivity (Wildman–Crippen MR) is 62.3 cm³/mol. The van der Waals surface area contributed by atoms with Crippen LogP contribution in [0.3, 0.4) is 0 Å². The summed E-state index contributed by atoms with van der Waals surface area (Å²) in [6.07, 6.45) is 4.14. The van der Waals surface area contributed by atoms with Gasteiger partial charge in [0.25, 0.3) is 0 Å². The van der Waals surface area contributed by atoms with Gasteiger partial charge in [-0.25, -0.2) is 0 Å². The Morgan fingerprint density at radius 1 is 1.41 bits per heavy atom. The second kappa shape index (κ2) is 4.25. The molecule has 1 saturated carbocycles. The summed E-state index contributed by atoms with van der Waals surface area (Å²) in [5, 5.41) is 0. The summed E-state index contributed by atoms with van der Waals surface area (Å²) >= 11 is 0. The Balaban J connectivity index is 1.62. The van der Waals surface area contributed by atoms with E-state index in [1.165, 1.54) is 0 Å². The number of nitrogens with zero attached hydrogens (tertiary/aromatic N) is 1. The molecule has 4 nitrogen and oxygen atoms in total. The van der Waals surface area contributed by atoms with Crippen LogP contribution in [0.15, 0.2) is 0 Å². The van der Waals surface area contributed by atoms with Crippen molar-refractivity contribution in [2.24, 2.45) is 11.8 Å². The number of carbonyl (C=O) groups excluding carboxylic acids is 1. The number of ether oxygens (including phenoxy) is 2. The van der Waals surface area contributed by atoms with Crippen LogP contribution < -0.4 is 0 Å². The molecule has 1 spiro atoms. The van der Waals surface area contributed by atoms with Crippen molar-refractivity contribution in [1.29, 1.82) is 0 Å². The number of likely N-dealkylation sites (tertiary alicyclic amines) is 1. The van der Waals surface area contributed by atoms with Gasteiger partial charge in [0, 0.05) is 18.9 Å². The molecule has 0 aromatic rings. The molecule has 1 amide bonds. The number of hydrogen-bond acceptors (Lipinski definition) is 3. The molecule has 0 aromatic heterocycles. The molecule has 17 heavy (non-hydrogen) atoms. The van der Waals surface area contributed by atoms with Gasteiger partial charge in [-0.2, -0.15) is 0 Å². The standard InChI is InChI=1S/C13H21NO3/c1-2-10-8-11(10)12(15)14-5-3-4-13(9-14)16-6-7-17-13/h10-11H,2-9H2,1H3. The molecular weight excluding hydrogens is 218 g/mol. The van der Waals surface area contributed by atoms with E-state index in [4.69, 9.17) is 9.47 Å². The first-order valence-corrected chi connectivity index (χ1v) is 6.81. The van der Waals surface area contributed by atoms with E-state index in [2.05, 4.69) is 6.92 Å². The van der Waals surface area contributed by atoms with Crippen LogP contribution in [-0.2, 0) is 14.3 Å². The zero-order valence-electron chi connectivity index (χ0n) is 10.5. The Morgan fingerprint density at radius 3 is 2.82 bits per heavy atom. The fourth-order valence-electron chi connectivity index (χ4n) is 3.14. The Kier molecular flexibility index (Phi) is 2.87. The lowest BCUT2D eigenvalue weighted by molar-refractivity contribution is -0.193. The fraction of sp³-hybridized carbons (Fsp3) is 0.923. The van der Waals surface area contributed by atoms with Crippen molar-refractivity contribution in [2.75, 3.05) is 26.3 Å². The molecule has 2 heterocycles. The van der Waals surface area contributed by atoms with Gasteiger partial charge in [0.15, 0.2) is 5.79 Å². The van der Waals surface area contributed by atoms with Gasteiger partial charge < -0.3 is 14.4 Å². The topological polar surface area (TPSA) is 38.8 Å². The minimum Gasteiger partial charge on any atom is -0.346 e. The van der Waals surface area contributed by atoms with E-state index < -0.39 is 5.79 Å². The SMILES string of the molecule is CCC1CC1C(=O)N1CCCC2(C1)OCCO2. The van der Waals surface area contributed by atoms with E-state index in [9.17, 15) is 4.79 Å². The normalized spacial score (nSPS) is 35.2. The van der Waals surface area contributed by atoms with Crippen LogP contribution in [0.4, 0.5) is 0 Å². The van der Waals surface area contributed by atoms with E-state index in [1.54, 1.807) is 0 Å². The van der Waals surface area contributed by atoms with Crippen LogP contribution in [0.1, 0.15) is 32.6 Å². The molecule has 0 bridgehead atoms. The van der Waals surface area contributed by atoms with Crippen LogP contribution in [0, 0.1) is 11.8 Å². The summed E-state index contributed by atoms with van der Waals surface area (Å²) in [4.78, 5) is 14.3. The molecular formula is C13H21NO3. The van der Waals surface area contributed by atoms with Crippen molar-refractivity contribution in [1.82, 2.24) is 4.90 Å². The minimum atomic E-state index is -0.468. The van der Waals surface area contributed by atoms with Gasteiger partial charge in [-0.05, 0) is 18.8 Å². The highest BCUT2D eigenvalue weighted by Crippen LogP contribution is 2.43. The summed E-state index contributed by atoms with van der Waals surface area (Å²) in [5.74, 6) is 0.780. The first kappa shape index (κ1) is 11.5. The minimum absolute atomic E-state index is 0.288. The van der Waals surface area contributed by atoms with Crippen molar-refractivity contribution in [3.05, 3.63) is 0 Å². The third-order valence-corrected chi connectivity index (χ3v) is 4.31. The van der Waals surface area contributed by atoms with Crippen molar-refractivity contribution in [2.45, 2.75) is 38.4 Å². The van der Waals surface area contributed by atoms with Gasteiger partial charge in [0.05, 0.1) is 19.8 Å². The van der Waals surface area contributed by atoms with Crippen molar-refractivity contribution < 1.29 is 14.3 Å². The van der Waals surface area contributed by atoms with Gasteiger partial charge in [0.2, 0.25) is 5.91 Å². The van der Waals surface area contributed by atoms with E-state index in [0.29, 0.717) is 31.6 Å². The Morgan fingerprint density at radius 2 is 2.18 bits per heavy atom. The van der Waals surface area contributed by atoms with E-state index >= 15 is 0 Å². The zero-order chi connectivity index (χ0) is 11.9. The highest BCUT2D eigenvalue weighted by atomic mass is 16.7. The number of amides is 1. The molecule has 2 unspecified atom stereocenters. The largest absolute Gasteiger partial charge is 0.346 e. The van der Waals surface area contributed by atoms with Gasteiger partial charge in [-0.15, -0.1) is 0 Å². The van der Waals surface area contributed by atoms with Gasteiger partial charge >= 0.3 is 0 Å². The average Bonchev–Trinajstić information content (AvgIpc) is 3.03. The Labute approximate surface area is 102 Å². The van der Waals surface area contributed by atoms with Crippen molar-refractivity contribution in [3.63, 3.8) is 0 Å². The molecule has 4 heteroatoms. The van der Waals surface area contributed by atoms with Gasteiger partial charge in [-0.3, -0.25) is 4.79 Å². The number of hydrogen-bond donors (Lipinski definition) is 0. The molecule has 0 N–H and O–H groups in total. The van der Waals surface area contributed by atoms with E-state index in [0.717, 1.165) is 32.2 Å². The van der Waals surface area contributed by atoms with Crippen LogP contribution >= 0.6 is 0 Å². The maximum Gasteiger partial charge on any atom is 0.226 e. The molecule has 1 aliphatic carbocycles. The maximum absolute atomic E-state index is 12.3. The van der Waals surface area contributed by atoms with Crippen LogP contribution in [0.25, 0.3) is 0 Å². The molecule has 3 rings (SSSR count). The summed E-state index contributed by atoms with van der Waals surface area (Å²) in [7, 11) is 0. The molecule has 2 aliphatic heterocycles. The maximum atomic E-state index is 12.3. The molecule has 0 radical (unpaired) electrons. The molecule has 3 aliphatic rings. The monoisotopic (exact) mass is 239 g/mol. The third-order valence-electron chi connectivity index (χ3n) is 4.31. The summed E-state index contributed by atoms with van der Waals surface area (Å²) < 4.78 is 11.4. The van der Waals surface area contributed by atoms with Crippen molar-refractivity contribution in [3.8, 4) is 0 Å². The Bertz CT molecular complexity index is 312. The second-order valence-electron chi connectivity index (χ2n) is 5.48. The summed E-state index contributed by atoms with van der Waals surface area (Å²) in [6.45, 7) is 5.02. The number of carbonyl (C=O) groups is 1. The van der Waals surface area contributed by atoms with E-state index in [1.807, 2.05) is 4.90 Å². The third kappa shape index (κ3) is 2.08. The molecule has 2 atom stereocenters. The lowest BCUT2D eigenvalue weighted by atomic mass is 10.0. The predicted octanol–water partition coefficient (Wildman–Crippen LogP) is 1.40. The lowest BCUT2D eigenvalue weighted by Gasteiger charge is -2.38. The highest BCUT2D eigenvalue weighted by molar-refractivity contribution is 5.81. The smallest absolute Gasteiger partial charge is 0.226 e. The molecule has 3 fully saturated rings. The van der Waals surface area contributed by atoms with Crippen LogP contribution in [0.5, 0.6) is 0 Å².